The fraction of sp³-hybridized carbons (Fsp3) is 0.273. The largest absolute Gasteiger partial charge is 0.481 e. The lowest BCUT2D eigenvalue weighted by Crippen LogP contribution is -2.30. The summed E-state index contributed by atoms with van der Waals surface area (Å²) < 4.78 is 0. The zero-order valence-electron chi connectivity index (χ0n) is 18.1. The van der Waals surface area contributed by atoms with Crippen LogP contribution in [-0.4, -0.2) is 46.9 Å². The van der Waals surface area contributed by atoms with Crippen LogP contribution < -0.4 is 22.9 Å². The molecule has 10 N–H and O–H groups in total. The first-order valence-corrected chi connectivity index (χ1v) is 9.46. The summed E-state index contributed by atoms with van der Waals surface area (Å²) in [5, 5.41) is 19.2. The van der Waals surface area contributed by atoms with E-state index in [1.165, 1.54) is 6.92 Å². The van der Waals surface area contributed by atoms with Gasteiger partial charge in [0.15, 0.2) is 0 Å². The predicted octanol–water partition coefficient (Wildman–Crippen LogP) is 2.07. The Hall–Kier alpha value is -3.60. The van der Waals surface area contributed by atoms with Crippen molar-refractivity contribution >= 4 is 29.8 Å². The summed E-state index contributed by atoms with van der Waals surface area (Å²) in [6.45, 7) is 1.94. The maximum absolute atomic E-state index is 10.6. The Kier molecular flexibility index (Phi) is 17.4. The van der Waals surface area contributed by atoms with Crippen LogP contribution in [0.2, 0.25) is 0 Å². The lowest BCUT2D eigenvalue weighted by Gasteiger charge is -2.02. The van der Waals surface area contributed by atoms with Crippen LogP contribution in [0.15, 0.2) is 54.6 Å². The van der Waals surface area contributed by atoms with Crippen molar-refractivity contribution in [1.82, 2.24) is 6.15 Å². The molecule has 0 radical (unpaired) electrons. The summed E-state index contributed by atoms with van der Waals surface area (Å²) in [6, 6.07) is 15.1. The molecular weight excluding hydrogens is 416 g/mol. The van der Waals surface area contributed by atoms with Crippen LogP contribution in [0, 0.1) is 0 Å². The maximum atomic E-state index is 10.6. The monoisotopic (exact) mass is 448 g/mol. The van der Waals surface area contributed by atoms with E-state index in [1.807, 2.05) is 18.2 Å². The number of carboxylic acids is 2. The highest BCUT2D eigenvalue weighted by Crippen LogP contribution is 2.07. The minimum absolute atomic E-state index is 0. The van der Waals surface area contributed by atoms with Crippen molar-refractivity contribution in [2.24, 2.45) is 11.5 Å². The van der Waals surface area contributed by atoms with E-state index in [2.05, 4.69) is 5.32 Å². The Labute approximate surface area is 187 Å². The molecule has 10 heteroatoms. The molecule has 0 heterocycles. The average molecular weight is 449 g/mol. The van der Waals surface area contributed by atoms with Crippen LogP contribution in [-0.2, 0) is 20.8 Å². The van der Waals surface area contributed by atoms with Crippen molar-refractivity contribution in [3.63, 3.8) is 0 Å². The topological polar surface area (TPSA) is 208 Å². The van der Waals surface area contributed by atoms with Gasteiger partial charge in [0.05, 0.1) is 6.42 Å². The fourth-order valence-electron chi connectivity index (χ4n) is 2.08. The minimum atomic E-state index is -0.955. The number of nitrogens with one attached hydrogen (secondary N) is 1. The van der Waals surface area contributed by atoms with Crippen LogP contribution in [0.5, 0.6) is 0 Å². The molecule has 32 heavy (non-hydrogen) atoms. The number of carbonyl (C=O) groups is 4. The van der Waals surface area contributed by atoms with E-state index in [9.17, 15) is 19.2 Å². The Morgan fingerprint density at radius 2 is 1.59 bits per heavy atom. The molecule has 0 aromatic heterocycles. The van der Waals surface area contributed by atoms with Gasteiger partial charge in [-0.2, -0.15) is 0 Å². The van der Waals surface area contributed by atoms with E-state index in [1.54, 1.807) is 36.4 Å². The van der Waals surface area contributed by atoms with Crippen LogP contribution in [0.25, 0.3) is 0 Å². The summed E-state index contributed by atoms with van der Waals surface area (Å²) >= 11 is 0. The number of aldehydes is 1. The van der Waals surface area contributed by atoms with Crippen molar-refractivity contribution in [1.29, 1.82) is 0 Å². The van der Waals surface area contributed by atoms with Gasteiger partial charge in [-0.05, 0) is 49.2 Å². The van der Waals surface area contributed by atoms with Crippen molar-refractivity contribution in [3.8, 4) is 0 Å². The number of aliphatic carboxylic acids is 2. The van der Waals surface area contributed by atoms with Crippen molar-refractivity contribution < 1.29 is 29.4 Å². The lowest BCUT2D eigenvalue weighted by atomic mass is 10.2. The van der Waals surface area contributed by atoms with Gasteiger partial charge in [0.25, 0.3) is 0 Å². The fourth-order valence-corrected chi connectivity index (χ4v) is 2.08. The first kappa shape index (κ1) is 30.6. The normalized spacial score (nSPS) is 9.97. The Morgan fingerprint density at radius 1 is 1.03 bits per heavy atom. The molecule has 0 aliphatic heterocycles. The van der Waals surface area contributed by atoms with E-state index in [4.69, 9.17) is 21.7 Å². The summed E-state index contributed by atoms with van der Waals surface area (Å²) in [7, 11) is 0. The number of carbonyl (C=O) groups excluding carboxylic acids is 2. The first-order valence-electron chi connectivity index (χ1n) is 9.46. The van der Waals surface area contributed by atoms with E-state index < -0.39 is 18.0 Å². The second-order valence-electron chi connectivity index (χ2n) is 6.35. The third kappa shape index (κ3) is 16.2. The predicted molar refractivity (Wildman–Crippen MR) is 123 cm³/mol. The number of hydrogen-bond acceptors (Lipinski definition) is 7. The highest BCUT2D eigenvalue weighted by Gasteiger charge is 2.08. The van der Waals surface area contributed by atoms with E-state index in [-0.39, 0.29) is 18.5 Å². The number of rotatable bonds is 8. The minimum Gasteiger partial charge on any atom is -0.481 e. The molecule has 0 spiro atoms. The van der Waals surface area contributed by atoms with Crippen LogP contribution >= 0.6 is 0 Å². The van der Waals surface area contributed by atoms with Crippen molar-refractivity contribution in [2.75, 3.05) is 11.9 Å². The van der Waals surface area contributed by atoms with Gasteiger partial charge in [-0.25, -0.2) is 0 Å². The van der Waals surface area contributed by atoms with Crippen LogP contribution in [0.4, 0.5) is 5.69 Å². The molecular formula is C22H32N4O6. The maximum Gasteiger partial charge on any atom is 0.320 e. The molecule has 0 aliphatic rings. The summed E-state index contributed by atoms with van der Waals surface area (Å²) in [6.07, 6.45) is 2.01. The molecule has 0 fully saturated rings. The average Bonchev–Trinajstić information content (AvgIpc) is 2.73. The highest BCUT2D eigenvalue weighted by atomic mass is 16.4. The summed E-state index contributed by atoms with van der Waals surface area (Å²) in [4.78, 5) is 41.0. The molecule has 2 aromatic carbocycles. The SMILES string of the molecule is CC(=O)Nc1ccc(C=O)cc1.N.NCCC[C@@H](N)C(=O)O.O=C(O)Cc1ccccc1. The molecule has 0 unspecified atom stereocenters. The number of anilines is 1. The van der Waals surface area contributed by atoms with Gasteiger partial charge in [0, 0.05) is 18.2 Å². The molecule has 10 nitrogen and oxygen atoms in total. The molecule has 2 rings (SSSR count). The van der Waals surface area contributed by atoms with Gasteiger partial charge in [-0.3, -0.25) is 19.2 Å². The molecule has 0 saturated heterocycles. The lowest BCUT2D eigenvalue weighted by molar-refractivity contribution is -0.139. The van der Waals surface area contributed by atoms with Crippen LogP contribution in [0.3, 0.4) is 0 Å². The second-order valence-corrected chi connectivity index (χ2v) is 6.35. The van der Waals surface area contributed by atoms with E-state index >= 15 is 0 Å². The number of hydrogen-bond donors (Lipinski definition) is 6. The van der Waals surface area contributed by atoms with Gasteiger partial charge in [0.1, 0.15) is 12.3 Å². The molecule has 0 aliphatic carbocycles. The van der Waals surface area contributed by atoms with Crippen molar-refractivity contribution in [2.45, 2.75) is 32.2 Å². The third-order valence-corrected chi connectivity index (χ3v) is 3.60. The van der Waals surface area contributed by atoms with Gasteiger partial charge < -0.3 is 33.1 Å². The summed E-state index contributed by atoms with van der Waals surface area (Å²) in [5.74, 6) is -1.86. The number of benzene rings is 2. The summed E-state index contributed by atoms with van der Waals surface area (Å²) in [5.41, 5.74) is 12.4. The van der Waals surface area contributed by atoms with Gasteiger partial charge in [-0.1, -0.05) is 30.3 Å². The van der Waals surface area contributed by atoms with E-state index in [0.29, 0.717) is 30.6 Å². The highest BCUT2D eigenvalue weighted by molar-refractivity contribution is 5.89. The zero-order valence-corrected chi connectivity index (χ0v) is 18.1. The molecule has 1 atom stereocenters. The second kappa shape index (κ2) is 18.2. The smallest absolute Gasteiger partial charge is 0.320 e. The number of nitrogens with two attached hydrogens (primary N) is 2. The third-order valence-electron chi connectivity index (χ3n) is 3.60. The first-order chi connectivity index (χ1) is 14.7. The van der Waals surface area contributed by atoms with E-state index in [0.717, 1.165) is 11.8 Å². The Bertz CT molecular complexity index is 813. The Balaban J connectivity index is 0. The zero-order chi connectivity index (χ0) is 23.6. The van der Waals surface area contributed by atoms with Gasteiger partial charge >= 0.3 is 11.9 Å². The van der Waals surface area contributed by atoms with Gasteiger partial charge in [-0.15, -0.1) is 0 Å². The van der Waals surface area contributed by atoms with Crippen LogP contribution in [0.1, 0.15) is 35.7 Å². The molecule has 1 amide bonds. The molecule has 2 aromatic rings. The molecule has 176 valence electrons. The quantitative estimate of drug-likeness (QED) is 0.326. The Morgan fingerprint density at radius 3 is 2.00 bits per heavy atom. The van der Waals surface area contributed by atoms with Crippen molar-refractivity contribution in [3.05, 3.63) is 65.7 Å². The molecule has 0 bridgehead atoms. The number of carboxylic acid groups (broad SMARTS) is 2. The number of amides is 1. The molecule has 0 saturated carbocycles. The van der Waals surface area contributed by atoms with Gasteiger partial charge in [0.2, 0.25) is 5.91 Å². The standard InChI is InChI=1S/C9H9NO2.C8H8O2.C5H12N2O2.H3N/c1-7(12)10-9-4-2-8(6-11)3-5-9;9-8(10)6-7-4-2-1-3-5-7;6-3-1-2-4(7)5(8)9;/h2-6H,1H3,(H,10,12);1-5H,6H2,(H,9,10);4H,1-3,6-7H2,(H,8,9);1H3/t;;4-;/m..1./s1.